The molecule has 5 nitrogen and oxygen atoms in total. The summed E-state index contributed by atoms with van der Waals surface area (Å²) in [4.78, 5) is 16.1. The van der Waals surface area contributed by atoms with Gasteiger partial charge in [-0.1, -0.05) is 0 Å². The smallest absolute Gasteiger partial charge is 0.242 e. The average Bonchev–Trinajstić information content (AvgIpc) is 2.88. The fourth-order valence-electron chi connectivity index (χ4n) is 2.52. The van der Waals surface area contributed by atoms with Gasteiger partial charge in [0.15, 0.2) is 0 Å². The number of likely N-dealkylation sites (N-methyl/N-ethyl adjacent to an activating group) is 1. The summed E-state index contributed by atoms with van der Waals surface area (Å²) in [7, 11) is 0. The molecule has 0 aliphatic carbocycles. The summed E-state index contributed by atoms with van der Waals surface area (Å²) in [5.74, 6) is 0.580. The van der Waals surface area contributed by atoms with E-state index in [1.54, 1.807) is 6.33 Å². The Labute approximate surface area is 108 Å². The predicted molar refractivity (Wildman–Crippen MR) is 70.5 cm³/mol. The number of piperidine rings is 1. The first-order valence-corrected chi connectivity index (χ1v) is 6.74. The standard InChI is InChI=1S/C13H22N4O/c1-3-16-13(18)10(2)17-9-15-8-12(17)11-4-6-14-7-5-11/h8-11,14H,3-7H2,1-2H3,(H,16,18). The number of rotatable bonds is 4. The Balaban J connectivity index is 2.13. The molecule has 1 amide bonds. The fraction of sp³-hybridized carbons (Fsp3) is 0.692. The largest absolute Gasteiger partial charge is 0.355 e. The number of imidazole rings is 1. The Morgan fingerprint density at radius 3 is 3.00 bits per heavy atom. The third-order valence-electron chi connectivity index (χ3n) is 3.60. The topological polar surface area (TPSA) is 59.0 Å². The SMILES string of the molecule is CCNC(=O)C(C)n1cncc1C1CCNCC1. The molecular formula is C13H22N4O. The molecule has 1 aliphatic rings. The summed E-state index contributed by atoms with van der Waals surface area (Å²) in [6.45, 7) is 6.63. The van der Waals surface area contributed by atoms with Crippen molar-refractivity contribution in [3.63, 3.8) is 0 Å². The van der Waals surface area contributed by atoms with E-state index in [1.807, 2.05) is 24.6 Å². The van der Waals surface area contributed by atoms with Crippen LogP contribution in [0.15, 0.2) is 12.5 Å². The number of hydrogen-bond donors (Lipinski definition) is 2. The summed E-state index contributed by atoms with van der Waals surface area (Å²) < 4.78 is 2.01. The molecule has 0 bridgehead atoms. The third-order valence-corrected chi connectivity index (χ3v) is 3.60. The Bertz CT molecular complexity index is 395. The minimum Gasteiger partial charge on any atom is -0.355 e. The number of nitrogens with zero attached hydrogens (tertiary/aromatic N) is 2. The number of amides is 1. The summed E-state index contributed by atoms with van der Waals surface area (Å²) in [6.07, 6.45) is 5.92. The van der Waals surface area contributed by atoms with Gasteiger partial charge in [0.05, 0.1) is 6.33 Å². The first-order valence-electron chi connectivity index (χ1n) is 6.74. The van der Waals surface area contributed by atoms with Gasteiger partial charge in [-0.25, -0.2) is 4.98 Å². The number of carbonyl (C=O) groups is 1. The molecule has 0 spiro atoms. The molecule has 1 aliphatic heterocycles. The van der Waals surface area contributed by atoms with Crippen molar-refractivity contribution in [3.8, 4) is 0 Å². The molecule has 2 N–H and O–H groups in total. The first kappa shape index (κ1) is 13.1. The van der Waals surface area contributed by atoms with Crippen molar-refractivity contribution >= 4 is 5.91 Å². The summed E-state index contributed by atoms with van der Waals surface area (Å²) in [6, 6.07) is -0.183. The van der Waals surface area contributed by atoms with Crippen molar-refractivity contribution in [2.75, 3.05) is 19.6 Å². The van der Waals surface area contributed by atoms with Crippen LogP contribution in [0.3, 0.4) is 0 Å². The molecule has 0 aromatic carbocycles. The lowest BCUT2D eigenvalue weighted by molar-refractivity contribution is -0.123. The zero-order valence-electron chi connectivity index (χ0n) is 11.1. The van der Waals surface area contributed by atoms with E-state index in [2.05, 4.69) is 15.6 Å². The van der Waals surface area contributed by atoms with Crippen molar-refractivity contribution in [1.82, 2.24) is 20.2 Å². The highest BCUT2D eigenvalue weighted by molar-refractivity contribution is 5.79. The minimum absolute atomic E-state index is 0.0608. The van der Waals surface area contributed by atoms with Gasteiger partial charge in [0.2, 0.25) is 5.91 Å². The van der Waals surface area contributed by atoms with Crippen molar-refractivity contribution in [2.24, 2.45) is 0 Å². The molecular weight excluding hydrogens is 228 g/mol. The maximum absolute atomic E-state index is 11.9. The molecule has 5 heteroatoms. The van der Waals surface area contributed by atoms with E-state index in [4.69, 9.17) is 0 Å². The molecule has 100 valence electrons. The van der Waals surface area contributed by atoms with Crippen LogP contribution in [0, 0.1) is 0 Å². The Kier molecular flexibility index (Phi) is 4.36. The zero-order chi connectivity index (χ0) is 13.0. The molecule has 1 aromatic rings. The number of aromatic nitrogens is 2. The lowest BCUT2D eigenvalue weighted by Gasteiger charge is -2.25. The van der Waals surface area contributed by atoms with Crippen molar-refractivity contribution in [2.45, 2.75) is 38.6 Å². The van der Waals surface area contributed by atoms with E-state index in [-0.39, 0.29) is 11.9 Å². The van der Waals surface area contributed by atoms with Crippen LogP contribution in [0.5, 0.6) is 0 Å². The second-order valence-corrected chi connectivity index (χ2v) is 4.82. The maximum atomic E-state index is 11.9. The number of carbonyl (C=O) groups excluding carboxylic acids is 1. The van der Waals surface area contributed by atoms with Crippen LogP contribution < -0.4 is 10.6 Å². The molecule has 1 fully saturated rings. The van der Waals surface area contributed by atoms with Crippen LogP contribution in [-0.2, 0) is 4.79 Å². The van der Waals surface area contributed by atoms with Crippen LogP contribution in [0.25, 0.3) is 0 Å². The Hall–Kier alpha value is -1.36. The van der Waals surface area contributed by atoms with Gasteiger partial charge in [-0.15, -0.1) is 0 Å². The van der Waals surface area contributed by atoms with Crippen molar-refractivity contribution in [1.29, 1.82) is 0 Å². The Morgan fingerprint density at radius 2 is 2.33 bits per heavy atom. The second kappa shape index (κ2) is 6.00. The molecule has 1 aromatic heterocycles. The normalized spacial score (nSPS) is 18.6. The van der Waals surface area contributed by atoms with Gasteiger partial charge in [0.1, 0.15) is 6.04 Å². The Morgan fingerprint density at radius 1 is 1.61 bits per heavy atom. The molecule has 1 unspecified atom stereocenters. The van der Waals surface area contributed by atoms with Gasteiger partial charge in [-0.05, 0) is 39.8 Å². The van der Waals surface area contributed by atoms with Gasteiger partial charge < -0.3 is 15.2 Å². The van der Waals surface area contributed by atoms with Crippen molar-refractivity contribution < 1.29 is 4.79 Å². The van der Waals surface area contributed by atoms with Crippen LogP contribution >= 0.6 is 0 Å². The average molecular weight is 250 g/mol. The van der Waals surface area contributed by atoms with Gasteiger partial charge in [0.25, 0.3) is 0 Å². The molecule has 2 heterocycles. The fourth-order valence-corrected chi connectivity index (χ4v) is 2.52. The van der Waals surface area contributed by atoms with E-state index >= 15 is 0 Å². The summed E-state index contributed by atoms with van der Waals surface area (Å²) in [5, 5.41) is 6.22. The van der Waals surface area contributed by atoms with E-state index in [9.17, 15) is 4.79 Å². The number of hydrogen-bond acceptors (Lipinski definition) is 3. The number of nitrogens with one attached hydrogen (secondary N) is 2. The van der Waals surface area contributed by atoms with E-state index < -0.39 is 0 Å². The van der Waals surface area contributed by atoms with Crippen LogP contribution in [0.1, 0.15) is 44.3 Å². The third kappa shape index (κ3) is 2.72. The maximum Gasteiger partial charge on any atom is 0.242 e. The monoisotopic (exact) mass is 250 g/mol. The molecule has 0 radical (unpaired) electrons. The van der Waals surface area contributed by atoms with Crippen LogP contribution in [0.4, 0.5) is 0 Å². The van der Waals surface area contributed by atoms with Crippen LogP contribution in [-0.4, -0.2) is 35.1 Å². The lowest BCUT2D eigenvalue weighted by Crippen LogP contribution is -2.33. The highest BCUT2D eigenvalue weighted by atomic mass is 16.2. The molecule has 1 saturated heterocycles. The van der Waals surface area contributed by atoms with Crippen molar-refractivity contribution in [3.05, 3.63) is 18.2 Å². The minimum atomic E-state index is -0.183. The summed E-state index contributed by atoms with van der Waals surface area (Å²) >= 11 is 0. The lowest BCUT2D eigenvalue weighted by atomic mass is 9.94. The van der Waals surface area contributed by atoms with Gasteiger partial charge >= 0.3 is 0 Å². The van der Waals surface area contributed by atoms with Crippen LogP contribution in [0.2, 0.25) is 0 Å². The van der Waals surface area contributed by atoms with E-state index in [1.165, 1.54) is 5.69 Å². The highest BCUT2D eigenvalue weighted by Crippen LogP contribution is 2.26. The highest BCUT2D eigenvalue weighted by Gasteiger charge is 2.23. The van der Waals surface area contributed by atoms with Gasteiger partial charge in [-0.2, -0.15) is 0 Å². The van der Waals surface area contributed by atoms with Gasteiger partial charge in [-0.3, -0.25) is 4.79 Å². The molecule has 2 rings (SSSR count). The van der Waals surface area contributed by atoms with E-state index in [0.717, 1.165) is 25.9 Å². The zero-order valence-corrected chi connectivity index (χ0v) is 11.1. The predicted octanol–water partition coefficient (Wildman–Crippen LogP) is 1.05. The second-order valence-electron chi connectivity index (χ2n) is 4.82. The molecule has 1 atom stereocenters. The molecule has 0 saturated carbocycles. The summed E-state index contributed by atoms with van der Waals surface area (Å²) in [5.41, 5.74) is 1.19. The van der Waals surface area contributed by atoms with E-state index in [0.29, 0.717) is 12.5 Å². The quantitative estimate of drug-likeness (QED) is 0.839. The molecule has 18 heavy (non-hydrogen) atoms. The first-order chi connectivity index (χ1) is 8.74. The van der Waals surface area contributed by atoms with Gasteiger partial charge in [0, 0.05) is 24.4 Å².